The van der Waals surface area contributed by atoms with E-state index in [1.165, 1.54) is 24.5 Å². The van der Waals surface area contributed by atoms with Gasteiger partial charge in [0.1, 0.15) is 11.1 Å². The van der Waals surface area contributed by atoms with Crippen LogP contribution < -0.4 is 10.6 Å². The Labute approximate surface area is 167 Å². The summed E-state index contributed by atoms with van der Waals surface area (Å²) in [6.45, 7) is 0.342. The Kier molecular flexibility index (Phi) is 6.40. The van der Waals surface area contributed by atoms with Gasteiger partial charge in [-0.25, -0.2) is 4.79 Å². The Morgan fingerprint density at radius 1 is 1.50 bits per heavy atom. The van der Waals surface area contributed by atoms with E-state index in [1.54, 1.807) is 24.5 Å². The molecular formula is C20H20N4O3S. The first kappa shape index (κ1) is 19.6. The van der Waals surface area contributed by atoms with Crippen molar-refractivity contribution in [1.82, 2.24) is 10.3 Å². The third-order valence-corrected chi connectivity index (χ3v) is 5.65. The second kappa shape index (κ2) is 9.15. The molecule has 0 aliphatic heterocycles. The van der Waals surface area contributed by atoms with Gasteiger partial charge in [0.2, 0.25) is 5.91 Å². The van der Waals surface area contributed by atoms with Crippen LogP contribution in [-0.2, 0) is 22.4 Å². The van der Waals surface area contributed by atoms with Crippen LogP contribution in [0.5, 0.6) is 0 Å². The molecule has 2 amide bonds. The van der Waals surface area contributed by atoms with Crippen molar-refractivity contribution >= 4 is 34.4 Å². The number of hydrogen-bond acceptors (Lipinski definition) is 6. The van der Waals surface area contributed by atoms with E-state index in [4.69, 9.17) is 4.74 Å². The maximum atomic E-state index is 12.3. The van der Waals surface area contributed by atoms with Gasteiger partial charge in [0.05, 0.1) is 12.2 Å². The van der Waals surface area contributed by atoms with Crippen LogP contribution in [0.25, 0.3) is 6.08 Å². The molecule has 1 atom stereocenters. The molecule has 28 heavy (non-hydrogen) atoms. The summed E-state index contributed by atoms with van der Waals surface area (Å²) in [5, 5.41) is 15.4. The van der Waals surface area contributed by atoms with E-state index in [0.717, 1.165) is 35.3 Å². The maximum absolute atomic E-state index is 12.3. The molecule has 3 rings (SSSR count). The average molecular weight is 396 g/mol. The van der Waals surface area contributed by atoms with Crippen LogP contribution in [0.1, 0.15) is 28.0 Å². The van der Waals surface area contributed by atoms with Crippen LogP contribution in [0.4, 0.5) is 9.80 Å². The minimum Gasteiger partial charge on any atom is -0.449 e. The molecule has 2 aromatic heterocycles. The number of nitrogens with one attached hydrogen (secondary N) is 2. The van der Waals surface area contributed by atoms with E-state index in [2.05, 4.69) is 21.7 Å². The number of carbonyl (C=O) groups excluding carboxylic acids is 2. The standard InChI is InChI=1S/C20H20N4O3S/c1-22-20(26)27-12-14-4-6-15-16(10-21)19(28-17(15)9-14)24-18(25)7-5-13-3-2-8-23-11-13/h2-3,5,7-8,11,14H,4,6,9,12H2,1H3,(H,22,26)(H,24,25)/b7-5+/t14-/m1/s1. The molecule has 1 aliphatic rings. The van der Waals surface area contributed by atoms with E-state index < -0.39 is 6.09 Å². The molecule has 0 aromatic carbocycles. The van der Waals surface area contributed by atoms with Crippen molar-refractivity contribution in [3.63, 3.8) is 0 Å². The van der Waals surface area contributed by atoms with Crippen LogP contribution >= 0.6 is 11.3 Å². The van der Waals surface area contributed by atoms with Gasteiger partial charge in [-0.05, 0) is 48.4 Å². The number of hydrogen-bond donors (Lipinski definition) is 2. The number of nitriles is 1. The molecule has 7 nitrogen and oxygen atoms in total. The highest BCUT2D eigenvalue weighted by atomic mass is 32.1. The van der Waals surface area contributed by atoms with Crippen LogP contribution in [0.15, 0.2) is 30.6 Å². The molecule has 2 N–H and O–H groups in total. The van der Waals surface area contributed by atoms with Crippen molar-refractivity contribution < 1.29 is 14.3 Å². The quantitative estimate of drug-likeness (QED) is 0.756. The fourth-order valence-corrected chi connectivity index (χ4v) is 4.38. The van der Waals surface area contributed by atoms with Crippen molar-refractivity contribution in [2.75, 3.05) is 19.0 Å². The molecule has 0 spiro atoms. The van der Waals surface area contributed by atoms with Crippen molar-refractivity contribution in [2.45, 2.75) is 19.3 Å². The Morgan fingerprint density at radius 3 is 3.07 bits per heavy atom. The van der Waals surface area contributed by atoms with Crippen LogP contribution in [0, 0.1) is 17.2 Å². The third kappa shape index (κ3) is 4.75. The van der Waals surface area contributed by atoms with Gasteiger partial charge in [-0.3, -0.25) is 9.78 Å². The number of carbonyl (C=O) groups is 2. The second-order valence-corrected chi connectivity index (χ2v) is 7.49. The third-order valence-electron chi connectivity index (χ3n) is 4.48. The first-order chi connectivity index (χ1) is 13.6. The Balaban J connectivity index is 1.68. The van der Waals surface area contributed by atoms with Gasteiger partial charge in [-0.1, -0.05) is 6.07 Å². The summed E-state index contributed by atoms with van der Waals surface area (Å²) in [6.07, 6.45) is 8.29. The second-order valence-electron chi connectivity index (χ2n) is 6.39. The Bertz CT molecular complexity index is 931. The van der Waals surface area contributed by atoms with Gasteiger partial charge in [-0.15, -0.1) is 11.3 Å². The largest absolute Gasteiger partial charge is 0.449 e. The fourth-order valence-electron chi connectivity index (χ4n) is 3.07. The Hall–Kier alpha value is -3.18. The Morgan fingerprint density at radius 2 is 2.36 bits per heavy atom. The fraction of sp³-hybridized carbons (Fsp3) is 0.300. The number of ether oxygens (including phenoxy) is 1. The van der Waals surface area contributed by atoms with E-state index in [-0.39, 0.29) is 11.8 Å². The molecule has 0 fully saturated rings. The molecule has 1 aliphatic carbocycles. The normalized spacial score (nSPS) is 15.5. The monoisotopic (exact) mass is 396 g/mol. The molecule has 2 heterocycles. The smallest absolute Gasteiger partial charge is 0.406 e. The highest BCUT2D eigenvalue weighted by molar-refractivity contribution is 7.16. The first-order valence-corrected chi connectivity index (χ1v) is 9.70. The SMILES string of the molecule is CNC(=O)OC[C@@H]1CCc2c(sc(NC(=O)/C=C/c3cccnc3)c2C#N)C1. The number of thiophene rings is 1. The first-order valence-electron chi connectivity index (χ1n) is 8.89. The summed E-state index contributed by atoms with van der Waals surface area (Å²) < 4.78 is 5.15. The topological polar surface area (TPSA) is 104 Å². The van der Waals surface area contributed by atoms with Crippen molar-refractivity contribution in [3.05, 3.63) is 52.2 Å². The maximum Gasteiger partial charge on any atom is 0.406 e. The molecular weight excluding hydrogens is 376 g/mol. The van der Waals surface area contributed by atoms with Crippen molar-refractivity contribution in [1.29, 1.82) is 5.26 Å². The molecule has 0 saturated heterocycles. The highest BCUT2D eigenvalue weighted by Crippen LogP contribution is 2.39. The zero-order valence-electron chi connectivity index (χ0n) is 15.4. The average Bonchev–Trinajstić information content (AvgIpc) is 3.07. The minimum atomic E-state index is -0.442. The zero-order valence-corrected chi connectivity index (χ0v) is 16.2. The van der Waals surface area contributed by atoms with E-state index in [1.807, 2.05) is 6.07 Å². The van der Waals surface area contributed by atoms with E-state index in [0.29, 0.717) is 17.2 Å². The lowest BCUT2D eigenvalue weighted by atomic mass is 9.88. The number of fused-ring (bicyclic) bond motifs is 1. The number of alkyl carbamates (subject to hydrolysis) is 1. The summed E-state index contributed by atoms with van der Waals surface area (Å²) in [4.78, 5) is 28.6. The number of pyridine rings is 1. The molecule has 0 radical (unpaired) electrons. The molecule has 0 saturated carbocycles. The van der Waals surface area contributed by atoms with E-state index >= 15 is 0 Å². The molecule has 2 aromatic rings. The molecule has 8 heteroatoms. The molecule has 0 unspecified atom stereocenters. The summed E-state index contributed by atoms with van der Waals surface area (Å²) >= 11 is 1.42. The molecule has 0 bridgehead atoms. The van der Waals surface area contributed by atoms with E-state index in [9.17, 15) is 14.9 Å². The van der Waals surface area contributed by atoms with Crippen LogP contribution in [0.2, 0.25) is 0 Å². The summed E-state index contributed by atoms with van der Waals surface area (Å²) in [5.74, 6) is -0.0810. The zero-order chi connectivity index (χ0) is 19.9. The minimum absolute atomic E-state index is 0.212. The van der Waals surface area contributed by atoms with Crippen LogP contribution in [-0.4, -0.2) is 30.6 Å². The van der Waals surface area contributed by atoms with Gasteiger partial charge in [0, 0.05) is 30.4 Å². The van der Waals surface area contributed by atoms with Gasteiger partial charge < -0.3 is 15.4 Å². The number of amides is 2. The number of anilines is 1. The van der Waals surface area contributed by atoms with Gasteiger partial charge in [0.25, 0.3) is 0 Å². The van der Waals surface area contributed by atoms with Crippen molar-refractivity contribution in [2.24, 2.45) is 5.92 Å². The summed E-state index contributed by atoms with van der Waals surface area (Å²) in [6, 6.07) is 5.87. The lowest BCUT2D eigenvalue weighted by Crippen LogP contribution is -2.25. The van der Waals surface area contributed by atoms with Crippen LogP contribution in [0.3, 0.4) is 0 Å². The summed E-state index contributed by atoms with van der Waals surface area (Å²) in [7, 11) is 1.53. The molecule has 144 valence electrons. The lowest BCUT2D eigenvalue weighted by molar-refractivity contribution is -0.111. The number of rotatable bonds is 5. The number of nitrogens with zero attached hydrogens (tertiary/aromatic N) is 2. The van der Waals surface area contributed by atoms with Gasteiger partial charge in [-0.2, -0.15) is 5.26 Å². The predicted molar refractivity (Wildman–Crippen MR) is 107 cm³/mol. The van der Waals surface area contributed by atoms with Crippen molar-refractivity contribution in [3.8, 4) is 6.07 Å². The lowest BCUT2D eigenvalue weighted by Gasteiger charge is -2.21. The van der Waals surface area contributed by atoms with Gasteiger partial charge in [0.15, 0.2) is 0 Å². The number of aromatic nitrogens is 1. The van der Waals surface area contributed by atoms with Gasteiger partial charge >= 0.3 is 6.09 Å². The summed E-state index contributed by atoms with van der Waals surface area (Å²) in [5.41, 5.74) is 2.35. The highest BCUT2D eigenvalue weighted by Gasteiger charge is 2.27. The predicted octanol–water partition coefficient (Wildman–Crippen LogP) is 3.13.